The van der Waals surface area contributed by atoms with Crippen LogP contribution in [-0.4, -0.2) is 37.1 Å². The zero-order chi connectivity index (χ0) is 22.8. The van der Waals surface area contributed by atoms with Crippen molar-refractivity contribution in [3.8, 4) is 11.6 Å². The van der Waals surface area contributed by atoms with Crippen LogP contribution in [0.3, 0.4) is 0 Å². The summed E-state index contributed by atoms with van der Waals surface area (Å²) in [5.41, 5.74) is 7.48. The number of thioether (sulfide) groups is 1. The van der Waals surface area contributed by atoms with Gasteiger partial charge < -0.3 is 15.5 Å². The molecule has 2 aromatic carbocycles. The number of nitrogens with two attached hydrogens (primary N) is 1. The minimum atomic E-state index is -0.918. The molecule has 5 rings (SSSR count). The molecule has 3 heterocycles. The van der Waals surface area contributed by atoms with Crippen molar-refractivity contribution in [1.82, 2.24) is 24.9 Å². The van der Waals surface area contributed by atoms with E-state index in [-0.39, 0.29) is 11.7 Å². The molecule has 164 valence electrons. The number of nitrogens with one attached hydrogen (secondary N) is 1. The SMILES string of the molecule is NC(=O)[C@H](NC(=O)CSc1nnc2c3ccccc3nc(-c3ccco3)n12)c1ccccc1. The average Bonchev–Trinajstić information content (AvgIpc) is 3.52. The van der Waals surface area contributed by atoms with Crippen LogP contribution in [0.1, 0.15) is 11.6 Å². The molecular formula is C23H18N6O3S. The van der Waals surface area contributed by atoms with Crippen LogP contribution in [0.2, 0.25) is 0 Å². The van der Waals surface area contributed by atoms with Crippen LogP contribution < -0.4 is 11.1 Å². The van der Waals surface area contributed by atoms with Gasteiger partial charge in [-0.3, -0.25) is 14.0 Å². The van der Waals surface area contributed by atoms with Crippen molar-refractivity contribution in [2.75, 3.05) is 5.75 Å². The van der Waals surface area contributed by atoms with E-state index in [1.807, 2.05) is 30.3 Å². The lowest BCUT2D eigenvalue weighted by atomic mass is 10.1. The van der Waals surface area contributed by atoms with Crippen LogP contribution in [0.15, 0.2) is 82.6 Å². The second-order valence-electron chi connectivity index (χ2n) is 7.17. The molecule has 0 saturated heterocycles. The van der Waals surface area contributed by atoms with E-state index in [1.165, 1.54) is 11.8 Å². The molecule has 0 radical (unpaired) electrons. The standard InChI is InChI=1S/C23H18N6O3S/c24-20(31)19(14-7-2-1-3-8-14)26-18(30)13-33-23-28-27-21-15-9-4-5-10-16(15)25-22(29(21)23)17-11-6-12-32-17/h1-12,19H,13H2,(H2,24,31)(H,26,30)/t19-/m1/s1. The summed E-state index contributed by atoms with van der Waals surface area (Å²) in [6.07, 6.45) is 1.57. The Labute approximate surface area is 192 Å². The molecule has 1 atom stereocenters. The number of primary amides is 1. The number of fused-ring (bicyclic) bond motifs is 3. The molecular weight excluding hydrogens is 440 g/mol. The van der Waals surface area contributed by atoms with Crippen molar-refractivity contribution in [3.05, 3.63) is 78.6 Å². The number of para-hydroxylation sites is 1. The van der Waals surface area contributed by atoms with E-state index in [0.717, 1.165) is 10.9 Å². The summed E-state index contributed by atoms with van der Waals surface area (Å²) >= 11 is 1.18. The molecule has 0 fully saturated rings. The van der Waals surface area contributed by atoms with Crippen molar-refractivity contribution in [2.45, 2.75) is 11.2 Å². The first-order valence-electron chi connectivity index (χ1n) is 10.1. The van der Waals surface area contributed by atoms with Crippen LogP contribution in [0.5, 0.6) is 0 Å². The van der Waals surface area contributed by atoms with Gasteiger partial charge in [0.05, 0.1) is 17.5 Å². The van der Waals surface area contributed by atoms with Gasteiger partial charge >= 0.3 is 0 Å². The third kappa shape index (κ3) is 4.03. The molecule has 0 spiro atoms. The smallest absolute Gasteiger partial charge is 0.244 e. The summed E-state index contributed by atoms with van der Waals surface area (Å²) in [4.78, 5) is 29.3. The summed E-state index contributed by atoms with van der Waals surface area (Å²) in [7, 11) is 0. The highest BCUT2D eigenvalue weighted by Gasteiger charge is 2.22. The number of hydrogen-bond acceptors (Lipinski definition) is 7. The van der Waals surface area contributed by atoms with Gasteiger partial charge in [-0.05, 0) is 29.8 Å². The van der Waals surface area contributed by atoms with E-state index in [4.69, 9.17) is 15.1 Å². The van der Waals surface area contributed by atoms with Gasteiger partial charge in [0, 0.05) is 5.39 Å². The molecule has 2 amide bonds. The maximum atomic E-state index is 12.7. The number of rotatable bonds is 7. The van der Waals surface area contributed by atoms with E-state index >= 15 is 0 Å². The number of nitrogens with zero attached hydrogens (tertiary/aromatic N) is 4. The third-order valence-corrected chi connectivity index (χ3v) is 5.94. The fourth-order valence-electron chi connectivity index (χ4n) is 3.52. The summed E-state index contributed by atoms with van der Waals surface area (Å²) < 4.78 is 7.34. The molecule has 0 unspecified atom stereocenters. The van der Waals surface area contributed by atoms with Gasteiger partial charge in [-0.25, -0.2) is 4.98 Å². The van der Waals surface area contributed by atoms with Gasteiger partial charge in [0.1, 0.15) is 6.04 Å². The van der Waals surface area contributed by atoms with Gasteiger partial charge in [0.25, 0.3) is 0 Å². The second kappa shape index (κ2) is 8.75. The van der Waals surface area contributed by atoms with E-state index in [9.17, 15) is 9.59 Å². The quantitative estimate of drug-likeness (QED) is 0.359. The summed E-state index contributed by atoms with van der Waals surface area (Å²) in [6.45, 7) is 0. The number of amides is 2. The Morgan fingerprint density at radius 3 is 2.58 bits per heavy atom. The van der Waals surface area contributed by atoms with Crippen LogP contribution in [0.4, 0.5) is 0 Å². The van der Waals surface area contributed by atoms with Gasteiger partial charge in [-0.15, -0.1) is 10.2 Å². The summed E-state index contributed by atoms with van der Waals surface area (Å²) in [5, 5.41) is 12.6. The van der Waals surface area contributed by atoms with Crippen LogP contribution in [-0.2, 0) is 9.59 Å². The number of hydrogen-bond donors (Lipinski definition) is 2. The average molecular weight is 459 g/mol. The highest BCUT2D eigenvalue weighted by molar-refractivity contribution is 7.99. The lowest BCUT2D eigenvalue weighted by Crippen LogP contribution is -2.38. The van der Waals surface area contributed by atoms with Crippen LogP contribution >= 0.6 is 11.8 Å². The molecule has 3 aromatic heterocycles. The van der Waals surface area contributed by atoms with E-state index in [1.54, 1.807) is 47.1 Å². The van der Waals surface area contributed by atoms with Crippen molar-refractivity contribution in [2.24, 2.45) is 5.73 Å². The number of carbonyl (C=O) groups is 2. The van der Waals surface area contributed by atoms with Gasteiger partial charge in [0.15, 0.2) is 22.4 Å². The molecule has 0 aliphatic carbocycles. The number of aromatic nitrogens is 4. The Bertz CT molecular complexity index is 1450. The van der Waals surface area contributed by atoms with Gasteiger partial charge in [-0.2, -0.15) is 0 Å². The van der Waals surface area contributed by atoms with Crippen molar-refractivity contribution < 1.29 is 14.0 Å². The molecule has 0 aliphatic heterocycles. The number of benzene rings is 2. The molecule has 0 aliphatic rings. The van der Waals surface area contributed by atoms with E-state index in [2.05, 4.69) is 15.5 Å². The zero-order valence-corrected chi connectivity index (χ0v) is 18.0. The first-order valence-corrected chi connectivity index (χ1v) is 11.0. The van der Waals surface area contributed by atoms with Crippen molar-refractivity contribution >= 4 is 40.1 Å². The molecule has 3 N–H and O–H groups in total. The fraction of sp³-hybridized carbons (Fsp3) is 0.0870. The minimum absolute atomic E-state index is 0.00181. The third-order valence-electron chi connectivity index (χ3n) is 5.01. The zero-order valence-electron chi connectivity index (χ0n) is 17.2. The molecule has 10 heteroatoms. The van der Waals surface area contributed by atoms with E-state index < -0.39 is 11.9 Å². The minimum Gasteiger partial charge on any atom is -0.461 e. The van der Waals surface area contributed by atoms with Gasteiger partial charge in [-0.1, -0.05) is 54.2 Å². The molecule has 33 heavy (non-hydrogen) atoms. The number of carbonyl (C=O) groups excluding carboxylic acids is 2. The molecule has 9 nitrogen and oxygen atoms in total. The Morgan fingerprint density at radius 1 is 1.03 bits per heavy atom. The Kier molecular flexibility index (Phi) is 5.49. The second-order valence-corrected chi connectivity index (χ2v) is 8.12. The first-order chi connectivity index (χ1) is 16.1. The maximum Gasteiger partial charge on any atom is 0.244 e. The Morgan fingerprint density at radius 2 is 1.82 bits per heavy atom. The normalized spacial score (nSPS) is 12.1. The van der Waals surface area contributed by atoms with Crippen molar-refractivity contribution in [3.63, 3.8) is 0 Å². The monoisotopic (exact) mass is 458 g/mol. The molecule has 0 saturated carbocycles. The number of furan rings is 1. The molecule has 0 bridgehead atoms. The Hall–Kier alpha value is -4.18. The Balaban J connectivity index is 1.44. The predicted octanol–water partition coefficient (Wildman–Crippen LogP) is 2.97. The first kappa shape index (κ1) is 20.7. The predicted molar refractivity (Wildman–Crippen MR) is 123 cm³/mol. The highest BCUT2D eigenvalue weighted by Crippen LogP contribution is 2.29. The van der Waals surface area contributed by atoms with Crippen LogP contribution in [0.25, 0.3) is 28.1 Å². The largest absolute Gasteiger partial charge is 0.461 e. The van der Waals surface area contributed by atoms with Crippen LogP contribution in [0, 0.1) is 0 Å². The fourth-order valence-corrected chi connectivity index (χ4v) is 4.27. The maximum absolute atomic E-state index is 12.7. The summed E-state index contributed by atoms with van der Waals surface area (Å²) in [6, 6.07) is 19.1. The molecule has 5 aromatic rings. The summed E-state index contributed by atoms with van der Waals surface area (Å²) in [5.74, 6) is 0.0820. The van der Waals surface area contributed by atoms with Crippen molar-refractivity contribution in [1.29, 1.82) is 0 Å². The lowest BCUT2D eigenvalue weighted by Gasteiger charge is -2.15. The van der Waals surface area contributed by atoms with E-state index in [0.29, 0.717) is 28.0 Å². The highest BCUT2D eigenvalue weighted by atomic mass is 32.2. The van der Waals surface area contributed by atoms with Gasteiger partial charge in [0.2, 0.25) is 11.8 Å². The topological polar surface area (TPSA) is 128 Å². The lowest BCUT2D eigenvalue weighted by molar-refractivity contribution is -0.126.